The number of imidazole rings is 1. The molecule has 0 radical (unpaired) electrons. The molecule has 24 heavy (non-hydrogen) atoms. The number of amides is 1. The lowest BCUT2D eigenvalue weighted by molar-refractivity contribution is 0.0934. The van der Waals surface area contributed by atoms with Gasteiger partial charge < -0.3 is 10.3 Å². The minimum absolute atomic E-state index is 0.193. The number of aromatic amines is 1. The van der Waals surface area contributed by atoms with Crippen LogP contribution in [-0.2, 0) is 0 Å². The Hall–Kier alpha value is -2.51. The monoisotopic (exact) mass is 354 g/mol. The van der Waals surface area contributed by atoms with E-state index in [4.69, 9.17) is 0 Å². The first-order valence-electron chi connectivity index (χ1n) is 7.45. The molecule has 0 aliphatic carbocycles. The number of thiazole rings is 1. The van der Waals surface area contributed by atoms with Gasteiger partial charge in [-0.2, -0.15) is 0 Å². The minimum atomic E-state index is -0.225. The Morgan fingerprint density at radius 1 is 1.17 bits per heavy atom. The van der Waals surface area contributed by atoms with Crippen molar-refractivity contribution in [1.82, 2.24) is 20.3 Å². The number of fused-ring (bicyclic) bond motifs is 1. The quantitative estimate of drug-likeness (QED) is 0.576. The SMILES string of the molecule is CC(NC(=O)c1csc(-c2cccs2)n1)c1nc2ccccc2[nH]1. The van der Waals surface area contributed by atoms with E-state index in [-0.39, 0.29) is 11.9 Å². The van der Waals surface area contributed by atoms with Gasteiger partial charge in [-0.3, -0.25) is 4.79 Å². The van der Waals surface area contributed by atoms with Crippen LogP contribution < -0.4 is 5.32 Å². The second-order valence-electron chi connectivity index (χ2n) is 5.35. The molecule has 0 aliphatic heterocycles. The maximum absolute atomic E-state index is 12.4. The molecule has 0 saturated carbocycles. The fourth-order valence-electron chi connectivity index (χ4n) is 2.41. The first-order chi connectivity index (χ1) is 11.7. The van der Waals surface area contributed by atoms with E-state index < -0.39 is 0 Å². The predicted octanol–water partition coefficient (Wildman–Crippen LogP) is 4.24. The predicted molar refractivity (Wildman–Crippen MR) is 97.4 cm³/mol. The summed E-state index contributed by atoms with van der Waals surface area (Å²) in [6.07, 6.45) is 0. The van der Waals surface area contributed by atoms with Gasteiger partial charge >= 0.3 is 0 Å². The van der Waals surface area contributed by atoms with Crippen molar-refractivity contribution in [2.45, 2.75) is 13.0 Å². The van der Waals surface area contributed by atoms with Crippen molar-refractivity contribution < 1.29 is 4.79 Å². The molecule has 3 aromatic heterocycles. The molecule has 0 saturated heterocycles. The van der Waals surface area contributed by atoms with E-state index >= 15 is 0 Å². The van der Waals surface area contributed by atoms with Crippen molar-refractivity contribution in [1.29, 1.82) is 0 Å². The van der Waals surface area contributed by atoms with E-state index in [1.807, 2.05) is 48.7 Å². The molecule has 5 nitrogen and oxygen atoms in total. The second-order valence-corrected chi connectivity index (χ2v) is 7.16. The average Bonchev–Trinajstić information content (AvgIpc) is 3.32. The van der Waals surface area contributed by atoms with E-state index in [9.17, 15) is 4.79 Å². The number of H-pyrrole nitrogens is 1. The van der Waals surface area contributed by atoms with Gasteiger partial charge in [-0.1, -0.05) is 18.2 Å². The summed E-state index contributed by atoms with van der Waals surface area (Å²) in [5.41, 5.74) is 2.29. The molecule has 1 amide bonds. The van der Waals surface area contributed by atoms with Gasteiger partial charge in [0.1, 0.15) is 16.5 Å². The molecule has 0 spiro atoms. The number of thiophene rings is 1. The summed E-state index contributed by atoms with van der Waals surface area (Å²) in [5.74, 6) is 0.542. The second kappa shape index (κ2) is 6.18. The Morgan fingerprint density at radius 3 is 2.83 bits per heavy atom. The van der Waals surface area contributed by atoms with Crippen molar-refractivity contribution in [3.05, 3.63) is 58.7 Å². The lowest BCUT2D eigenvalue weighted by atomic mass is 10.3. The first-order valence-corrected chi connectivity index (χ1v) is 9.21. The van der Waals surface area contributed by atoms with Crippen LogP contribution in [0, 0.1) is 0 Å². The van der Waals surface area contributed by atoms with Gasteiger partial charge in [-0.05, 0) is 30.5 Å². The fraction of sp³-hybridized carbons (Fsp3) is 0.118. The Bertz CT molecular complexity index is 954. The molecule has 0 aliphatic rings. The molecule has 1 aromatic carbocycles. The van der Waals surface area contributed by atoms with Crippen molar-refractivity contribution in [2.75, 3.05) is 0 Å². The zero-order valence-corrected chi connectivity index (χ0v) is 14.4. The Balaban J connectivity index is 1.51. The molecule has 3 heterocycles. The highest BCUT2D eigenvalue weighted by molar-refractivity contribution is 7.20. The van der Waals surface area contributed by atoms with Gasteiger partial charge in [0.25, 0.3) is 5.91 Å². The molecule has 0 fully saturated rings. The van der Waals surface area contributed by atoms with Crippen LogP contribution in [0.25, 0.3) is 20.9 Å². The zero-order chi connectivity index (χ0) is 16.5. The smallest absolute Gasteiger partial charge is 0.271 e. The number of para-hydroxylation sites is 2. The number of nitrogens with one attached hydrogen (secondary N) is 2. The molecule has 0 bridgehead atoms. The minimum Gasteiger partial charge on any atom is -0.341 e. The van der Waals surface area contributed by atoms with Gasteiger partial charge in [0, 0.05) is 5.38 Å². The number of aromatic nitrogens is 3. The topological polar surface area (TPSA) is 70.7 Å². The van der Waals surface area contributed by atoms with Crippen molar-refractivity contribution in [3.63, 3.8) is 0 Å². The molecule has 1 atom stereocenters. The highest BCUT2D eigenvalue weighted by Gasteiger charge is 2.17. The number of benzene rings is 1. The summed E-state index contributed by atoms with van der Waals surface area (Å²) in [7, 11) is 0. The third kappa shape index (κ3) is 2.83. The molecule has 1 unspecified atom stereocenters. The zero-order valence-electron chi connectivity index (χ0n) is 12.8. The number of hydrogen-bond donors (Lipinski definition) is 2. The lowest BCUT2D eigenvalue weighted by Gasteiger charge is -2.09. The van der Waals surface area contributed by atoms with E-state index in [0.717, 1.165) is 26.7 Å². The van der Waals surface area contributed by atoms with Crippen LogP contribution in [0.4, 0.5) is 0 Å². The molecule has 4 rings (SSSR count). The molecule has 120 valence electrons. The maximum Gasteiger partial charge on any atom is 0.271 e. The molecule has 4 aromatic rings. The largest absolute Gasteiger partial charge is 0.341 e. The Morgan fingerprint density at radius 2 is 2.04 bits per heavy atom. The van der Waals surface area contributed by atoms with E-state index in [2.05, 4.69) is 20.3 Å². The molecular weight excluding hydrogens is 340 g/mol. The highest BCUT2D eigenvalue weighted by Crippen LogP contribution is 2.28. The highest BCUT2D eigenvalue weighted by atomic mass is 32.1. The fourth-order valence-corrected chi connectivity index (χ4v) is 4.02. The summed E-state index contributed by atoms with van der Waals surface area (Å²) in [5, 5.41) is 7.60. The molecule has 2 N–H and O–H groups in total. The standard InChI is InChI=1S/C17H14N4OS2/c1-10(15-19-11-5-2-3-6-12(11)20-15)18-16(22)13-9-24-17(21-13)14-7-4-8-23-14/h2-10H,1H3,(H,18,22)(H,19,20). The Kier molecular flexibility index (Phi) is 3.87. The van der Waals surface area contributed by atoms with Gasteiger partial charge in [-0.15, -0.1) is 22.7 Å². The van der Waals surface area contributed by atoms with E-state index in [0.29, 0.717) is 5.69 Å². The molecular formula is C17H14N4OS2. The third-order valence-corrected chi connectivity index (χ3v) is 5.52. The van der Waals surface area contributed by atoms with Crippen LogP contribution in [0.2, 0.25) is 0 Å². The Labute approximate surface area is 146 Å². The van der Waals surface area contributed by atoms with Crippen LogP contribution in [0.1, 0.15) is 29.3 Å². The lowest BCUT2D eigenvalue weighted by Crippen LogP contribution is -2.27. The first kappa shape index (κ1) is 15.0. The van der Waals surface area contributed by atoms with Crippen molar-refractivity contribution >= 4 is 39.6 Å². The maximum atomic E-state index is 12.4. The number of hydrogen-bond acceptors (Lipinski definition) is 5. The van der Waals surface area contributed by atoms with Crippen molar-refractivity contribution in [3.8, 4) is 9.88 Å². The van der Waals surface area contributed by atoms with Gasteiger partial charge in [-0.25, -0.2) is 9.97 Å². The summed E-state index contributed by atoms with van der Waals surface area (Å²) in [6, 6.07) is 11.6. The number of carbonyl (C=O) groups is 1. The average molecular weight is 354 g/mol. The summed E-state index contributed by atoms with van der Waals surface area (Å²) in [6.45, 7) is 1.90. The number of rotatable bonds is 4. The van der Waals surface area contributed by atoms with Gasteiger partial charge in [0.2, 0.25) is 0 Å². The summed E-state index contributed by atoms with van der Waals surface area (Å²) < 4.78 is 0. The van der Waals surface area contributed by atoms with Crippen molar-refractivity contribution in [2.24, 2.45) is 0 Å². The third-order valence-electron chi connectivity index (χ3n) is 3.63. The van der Waals surface area contributed by atoms with Gasteiger partial charge in [0.15, 0.2) is 0 Å². The number of nitrogens with zero attached hydrogens (tertiary/aromatic N) is 2. The van der Waals surface area contributed by atoms with E-state index in [1.165, 1.54) is 11.3 Å². The number of carbonyl (C=O) groups excluding carboxylic acids is 1. The van der Waals surface area contributed by atoms with Gasteiger partial charge in [0.05, 0.1) is 22.0 Å². The van der Waals surface area contributed by atoms with Crippen LogP contribution in [0.15, 0.2) is 47.2 Å². The molecule has 7 heteroatoms. The summed E-state index contributed by atoms with van der Waals surface area (Å²) in [4.78, 5) is 25.7. The van der Waals surface area contributed by atoms with E-state index in [1.54, 1.807) is 16.7 Å². The van der Waals surface area contributed by atoms with Crippen LogP contribution >= 0.6 is 22.7 Å². The van der Waals surface area contributed by atoms with Crippen LogP contribution in [0.5, 0.6) is 0 Å². The normalized spacial score (nSPS) is 12.4. The van der Waals surface area contributed by atoms with Crippen LogP contribution in [-0.4, -0.2) is 20.9 Å². The summed E-state index contributed by atoms with van der Waals surface area (Å²) >= 11 is 3.09. The van der Waals surface area contributed by atoms with Crippen LogP contribution in [0.3, 0.4) is 0 Å².